The third-order valence-electron chi connectivity index (χ3n) is 6.97. The van der Waals surface area contributed by atoms with Gasteiger partial charge in [0.25, 0.3) is 5.56 Å². The molecular formula is C23H29FN4O2. The molecule has 0 aliphatic carbocycles. The maximum absolute atomic E-state index is 13.4. The molecule has 1 aromatic heterocycles. The lowest BCUT2D eigenvalue weighted by Crippen LogP contribution is -2.40. The van der Waals surface area contributed by atoms with Gasteiger partial charge in [-0.2, -0.15) is 0 Å². The van der Waals surface area contributed by atoms with E-state index in [4.69, 9.17) is 9.82 Å². The Labute approximate surface area is 176 Å². The van der Waals surface area contributed by atoms with Gasteiger partial charge in [0.2, 0.25) is 0 Å². The van der Waals surface area contributed by atoms with Gasteiger partial charge in [-0.3, -0.25) is 9.36 Å². The highest BCUT2D eigenvalue weighted by Crippen LogP contribution is 2.39. The summed E-state index contributed by atoms with van der Waals surface area (Å²) in [6, 6.07) is 4.91. The molecule has 1 aromatic carbocycles. The van der Waals surface area contributed by atoms with E-state index >= 15 is 0 Å². The summed E-state index contributed by atoms with van der Waals surface area (Å²) in [6.07, 6.45) is 5.98. The van der Waals surface area contributed by atoms with E-state index in [-0.39, 0.29) is 17.4 Å². The van der Waals surface area contributed by atoms with Crippen LogP contribution in [0.4, 0.5) is 4.39 Å². The summed E-state index contributed by atoms with van der Waals surface area (Å²) in [7, 11) is 0. The minimum Gasteiger partial charge on any atom is -0.408 e. The molecule has 0 spiro atoms. The number of aryl methyl sites for hydroxylation is 2. The van der Waals surface area contributed by atoms with Gasteiger partial charge in [-0.05, 0) is 64.1 Å². The summed E-state index contributed by atoms with van der Waals surface area (Å²) in [5, 5.41) is 0. The SMILES string of the molecule is Cc1nc2n(c(=O)c1CCN1CCC(C3NOc4cc(F)ccc43)CC1)CCCC2. The highest BCUT2D eigenvalue weighted by atomic mass is 19.1. The summed E-state index contributed by atoms with van der Waals surface area (Å²) in [6.45, 7) is 5.67. The van der Waals surface area contributed by atoms with Crippen molar-refractivity contribution in [2.24, 2.45) is 5.92 Å². The molecule has 1 fully saturated rings. The van der Waals surface area contributed by atoms with Gasteiger partial charge in [0, 0.05) is 42.4 Å². The molecule has 160 valence electrons. The fraction of sp³-hybridized carbons (Fsp3) is 0.565. The lowest BCUT2D eigenvalue weighted by Gasteiger charge is -2.34. The first kappa shape index (κ1) is 19.7. The van der Waals surface area contributed by atoms with Crippen LogP contribution in [0.5, 0.6) is 5.75 Å². The molecule has 0 saturated carbocycles. The number of nitrogens with zero attached hydrogens (tertiary/aromatic N) is 3. The molecule has 1 atom stereocenters. The third-order valence-corrected chi connectivity index (χ3v) is 6.97. The maximum atomic E-state index is 13.4. The molecule has 5 rings (SSSR count). The number of hydroxylamine groups is 1. The number of piperidine rings is 1. The van der Waals surface area contributed by atoms with Crippen molar-refractivity contribution in [1.29, 1.82) is 0 Å². The van der Waals surface area contributed by atoms with Crippen LogP contribution in [0, 0.1) is 18.7 Å². The number of rotatable bonds is 4. The molecule has 3 aliphatic heterocycles. The quantitative estimate of drug-likeness (QED) is 0.837. The molecule has 30 heavy (non-hydrogen) atoms. The van der Waals surface area contributed by atoms with Gasteiger partial charge in [-0.1, -0.05) is 6.07 Å². The van der Waals surface area contributed by atoms with Crippen molar-refractivity contribution in [3.8, 4) is 5.75 Å². The third kappa shape index (κ3) is 3.65. The van der Waals surface area contributed by atoms with Crippen molar-refractivity contribution >= 4 is 0 Å². The second-order valence-corrected chi connectivity index (χ2v) is 8.81. The predicted octanol–water partition coefficient (Wildman–Crippen LogP) is 2.92. The first-order valence-electron chi connectivity index (χ1n) is 11.1. The molecule has 0 radical (unpaired) electrons. The van der Waals surface area contributed by atoms with Crippen LogP contribution in [0.15, 0.2) is 23.0 Å². The Morgan fingerprint density at radius 3 is 2.90 bits per heavy atom. The minimum atomic E-state index is -0.270. The molecule has 2 aromatic rings. The number of fused-ring (bicyclic) bond motifs is 2. The van der Waals surface area contributed by atoms with E-state index in [0.29, 0.717) is 11.7 Å². The Bertz CT molecular complexity index is 997. The van der Waals surface area contributed by atoms with Gasteiger partial charge in [-0.25, -0.2) is 9.37 Å². The number of likely N-dealkylation sites (tertiary alicyclic amines) is 1. The normalized spacial score (nSPS) is 21.9. The maximum Gasteiger partial charge on any atom is 0.256 e. The van der Waals surface area contributed by atoms with Crippen LogP contribution in [0.2, 0.25) is 0 Å². The predicted molar refractivity (Wildman–Crippen MR) is 112 cm³/mol. The van der Waals surface area contributed by atoms with Gasteiger partial charge < -0.3 is 9.74 Å². The van der Waals surface area contributed by atoms with E-state index in [9.17, 15) is 9.18 Å². The zero-order valence-corrected chi connectivity index (χ0v) is 17.5. The number of aromatic nitrogens is 2. The second kappa shape index (κ2) is 8.12. The summed E-state index contributed by atoms with van der Waals surface area (Å²) >= 11 is 0. The van der Waals surface area contributed by atoms with E-state index in [0.717, 1.165) is 87.3 Å². The molecule has 6 nitrogen and oxygen atoms in total. The van der Waals surface area contributed by atoms with Crippen molar-refractivity contribution < 1.29 is 9.23 Å². The standard InChI is InChI=1S/C23H29FN4O2/c1-15-18(23(29)28-10-3-2-4-21(28)25-15)9-13-27-11-7-16(8-12-27)22-19-6-5-17(24)14-20(19)30-26-22/h5-6,14,16,22,26H,2-4,7-13H2,1H3. The number of halogens is 1. The first-order valence-corrected chi connectivity index (χ1v) is 11.1. The molecule has 4 heterocycles. The summed E-state index contributed by atoms with van der Waals surface area (Å²) in [4.78, 5) is 25.6. The Kier molecular flexibility index (Phi) is 5.33. The van der Waals surface area contributed by atoms with Crippen LogP contribution in [0.1, 0.15) is 54.4 Å². The fourth-order valence-corrected chi connectivity index (χ4v) is 5.19. The molecule has 0 amide bonds. The number of benzene rings is 1. The van der Waals surface area contributed by atoms with Crippen molar-refractivity contribution in [3.05, 3.63) is 57.0 Å². The Hall–Kier alpha value is -2.25. The van der Waals surface area contributed by atoms with Gasteiger partial charge >= 0.3 is 0 Å². The Morgan fingerprint density at radius 1 is 1.23 bits per heavy atom. The molecular weight excluding hydrogens is 383 g/mol. The minimum absolute atomic E-state index is 0.125. The smallest absolute Gasteiger partial charge is 0.256 e. The number of hydrogen-bond donors (Lipinski definition) is 1. The van der Waals surface area contributed by atoms with Crippen molar-refractivity contribution in [3.63, 3.8) is 0 Å². The summed E-state index contributed by atoms with van der Waals surface area (Å²) < 4.78 is 15.3. The van der Waals surface area contributed by atoms with E-state index in [1.807, 2.05) is 17.6 Å². The average molecular weight is 413 g/mol. The monoisotopic (exact) mass is 412 g/mol. The highest BCUT2D eigenvalue weighted by Gasteiger charge is 2.34. The van der Waals surface area contributed by atoms with E-state index in [1.54, 1.807) is 0 Å². The summed E-state index contributed by atoms with van der Waals surface area (Å²) in [5.41, 5.74) is 6.10. The second-order valence-electron chi connectivity index (χ2n) is 8.81. The zero-order chi connectivity index (χ0) is 20.7. The fourth-order valence-electron chi connectivity index (χ4n) is 5.19. The number of hydrogen-bond acceptors (Lipinski definition) is 5. The van der Waals surface area contributed by atoms with Gasteiger partial charge in [0.15, 0.2) is 5.75 Å². The summed E-state index contributed by atoms with van der Waals surface area (Å²) in [5.74, 6) is 1.76. The van der Waals surface area contributed by atoms with Gasteiger partial charge in [0.1, 0.15) is 11.6 Å². The van der Waals surface area contributed by atoms with Crippen LogP contribution < -0.4 is 15.9 Å². The van der Waals surface area contributed by atoms with Gasteiger partial charge in [-0.15, -0.1) is 5.48 Å². The molecule has 7 heteroatoms. The zero-order valence-electron chi connectivity index (χ0n) is 17.5. The van der Waals surface area contributed by atoms with E-state index in [2.05, 4.69) is 10.4 Å². The Morgan fingerprint density at radius 2 is 2.07 bits per heavy atom. The van der Waals surface area contributed by atoms with Crippen LogP contribution >= 0.6 is 0 Å². The lowest BCUT2D eigenvalue weighted by molar-refractivity contribution is 0.112. The molecule has 3 aliphatic rings. The van der Waals surface area contributed by atoms with Crippen LogP contribution in [0.3, 0.4) is 0 Å². The van der Waals surface area contributed by atoms with Gasteiger partial charge in [0.05, 0.1) is 6.04 Å². The largest absolute Gasteiger partial charge is 0.408 e. The van der Waals surface area contributed by atoms with Crippen molar-refractivity contribution in [2.75, 3.05) is 19.6 Å². The van der Waals surface area contributed by atoms with Crippen LogP contribution in [-0.4, -0.2) is 34.1 Å². The first-order chi connectivity index (χ1) is 14.6. The topological polar surface area (TPSA) is 59.4 Å². The van der Waals surface area contributed by atoms with Crippen molar-refractivity contribution in [1.82, 2.24) is 19.9 Å². The molecule has 1 unspecified atom stereocenters. The molecule has 0 bridgehead atoms. The number of nitrogens with one attached hydrogen (secondary N) is 1. The van der Waals surface area contributed by atoms with E-state index in [1.165, 1.54) is 12.1 Å². The van der Waals surface area contributed by atoms with Crippen LogP contribution in [0.25, 0.3) is 0 Å². The van der Waals surface area contributed by atoms with E-state index < -0.39 is 0 Å². The molecule has 1 N–H and O–H groups in total. The molecule has 1 saturated heterocycles. The van der Waals surface area contributed by atoms with Crippen LogP contribution in [-0.2, 0) is 19.4 Å². The van der Waals surface area contributed by atoms with Crippen molar-refractivity contribution in [2.45, 2.75) is 58.0 Å². The average Bonchev–Trinajstić information content (AvgIpc) is 3.17. The Balaban J connectivity index is 1.20. The highest BCUT2D eigenvalue weighted by molar-refractivity contribution is 5.39. The lowest BCUT2D eigenvalue weighted by atomic mass is 9.86.